The molecule has 59 heavy (non-hydrogen) atoms. The van der Waals surface area contributed by atoms with Gasteiger partial charge in [0.1, 0.15) is 13.2 Å². The molecular weight excluding hydrogens is 777 g/mol. The van der Waals surface area contributed by atoms with Gasteiger partial charge in [0.05, 0.1) is 9.75 Å². The fraction of sp³-hybridized carbons (Fsp3) is 0.111. The molecule has 0 spiro atoms. The first kappa shape index (κ1) is 37.3. The van der Waals surface area contributed by atoms with Gasteiger partial charge in [-0.15, -0.1) is 34.0 Å². The lowest BCUT2D eigenvalue weighted by Gasteiger charge is -2.17. The number of rotatable bonds is 8. The maximum Gasteiger partial charge on any atom is 0.181 e. The molecule has 1 aliphatic heterocycles. The summed E-state index contributed by atoms with van der Waals surface area (Å²) in [6, 6.07) is 58.1. The third kappa shape index (κ3) is 7.14. The van der Waals surface area contributed by atoms with Crippen LogP contribution in [0.5, 0.6) is 11.5 Å². The molecule has 0 saturated carbocycles. The van der Waals surface area contributed by atoms with E-state index in [2.05, 4.69) is 185 Å². The summed E-state index contributed by atoms with van der Waals surface area (Å²) in [6.07, 6.45) is 0. The van der Waals surface area contributed by atoms with E-state index in [4.69, 9.17) is 9.47 Å². The predicted molar refractivity (Wildman–Crippen MR) is 253 cm³/mol. The molecule has 0 radical (unpaired) electrons. The van der Waals surface area contributed by atoms with Crippen LogP contribution in [-0.2, 0) is 0 Å². The van der Waals surface area contributed by atoms with E-state index in [1.165, 1.54) is 97.4 Å². The van der Waals surface area contributed by atoms with Gasteiger partial charge >= 0.3 is 0 Å². The minimum Gasteiger partial charge on any atom is -0.485 e. The Morgan fingerprint density at radius 1 is 0.322 bits per heavy atom. The molecular formula is C54H42O2S3. The van der Waals surface area contributed by atoms with Crippen LogP contribution in [0.15, 0.2) is 158 Å². The summed E-state index contributed by atoms with van der Waals surface area (Å²) in [5, 5.41) is 0. The number of ether oxygens (including phenoxy) is 2. The first-order chi connectivity index (χ1) is 28.9. The number of hydrogen-bond acceptors (Lipinski definition) is 5. The van der Waals surface area contributed by atoms with Gasteiger partial charge < -0.3 is 9.47 Å². The fourth-order valence-electron chi connectivity index (χ4n) is 7.99. The third-order valence-corrected chi connectivity index (χ3v) is 14.8. The highest BCUT2D eigenvalue weighted by Crippen LogP contribution is 2.57. The summed E-state index contributed by atoms with van der Waals surface area (Å²) < 4.78 is 13.0. The minimum atomic E-state index is 0.530. The highest BCUT2D eigenvalue weighted by Gasteiger charge is 2.29. The quantitative estimate of drug-likeness (QED) is 0.152. The molecule has 0 bridgehead atoms. The number of aryl methyl sites for hydroxylation is 4. The maximum absolute atomic E-state index is 6.50. The third-order valence-electron chi connectivity index (χ3n) is 11.1. The highest BCUT2D eigenvalue weighted by molar-refractivity contribution is 7.28. The monoisotopic (exact) mass is 818 g/mol. The lowest BCUT2D eigenvalue weighted by molar-refractivity contribution is 0.175. The van der Waals surface area contributed by atoms with Crippen LogP contribution in [0.2, 0.25) is 0 Å². The van der Waals surface area contributed by atoms with Crippen molar-refractivity contribution in [1.29, 1.82) is 0 Å². The number of thiophene rings is 3. The van der Waals surface area contributed by atoms with Crippen molar-refractivity contribution in [3.8, 4) is 96.4 Å². The van der Waals surface area contributed by atoms with Crippen LogP contribution in [0.1, 0.15) is 22.3 Å². The van der Waals surface area contributed by atoms with Gasteiger partial charge in [-0.2, -0.15) is 0 Å². The smallest absolute Gasteiger partial charge is 0.181 e. The van der Waals surface area contributed by atoms with Crippen molar-refractivity contribution < 1.29 is 9.47 Å². The van der Waals surface area contributed by atoms with Gasteiger partial charge in [-0.3, -0.25) is 0 Å². The molecule has 1 aliphatic rings. The molecule has 9 aromatic rings. The number of benzene rings is 6. The lowest BCUT2D eigenvalue weighted by Crippen LogP contribution is -2.14. The lowest BCUT2D eigenvalue weighted by atomic mass is 9.90. The summed E-state index contributed by atoms with van der Waals surface area (Å²) in [5.74, 6) is 1.70. The first-order valence-electron chi connectivity index (χ1n) is 20.1. The zero-order chi connectivity index (χ0) is 40.0. The van der Waals surface area contributed by atoms with Gasteiger partial charge in [0.15, 0.2) is 11.5 Å². The Morgan fingerprint density at radius 2 is 0.610 bits per heavy atom. The molecule has 288 valence electrons. The molecule has 2 nitrogen and oxygen atoms in total. The van der Waals surface area contributed by atoms with Crippen LogP contribution < -0.4 is 9.47 Å². The van der Waals surface area contributed by atoms with Gasteiger partial charge in [0.25, 0.3) is 0 Å². The molecule has 0 atom stereocenters. The van der Waals surface area contributed by atoms with E-state index in [0.29, 0.717) is 13.2 Å². The first-order valence-corrected chi connectivity index (χ1v) is 22.5. The Morgan fingerprint density at radius 3 is 0.915 bits per heavy atom. The second-order valence-corrected chi connectivity index (χ2v) is 18.6. The average Bonchev–Trinajstić information content (AvgIpc) is 4.04. The molecule has 0 aliphatic carbocycles. The molecule has 10 rings (SSSR count). The molecule has 0 fully saturated rings. The molecule has 5 heteroatoms. The summed E-state index contributed by atoms with van der Waals surface area (Å²) in [4.78, 5) is 7.03. The van der Waals surface area contributed by atoms with E-state index in [0.717, 1.165) is 21.3 Å². The predicted octanol–water partition coefficient (Wildman–Crippen LogP) is 16.2. The van der Waals surface area contributed by atoms with Crippen molar-refractivity contribution in [3.05, 3.63) is 180 Å². The van der Waals surface area contributed by atoms with Crippen LogP contribution in [0.3, 0.4) is 0 Å². The maximum atomic E-state index is 6.50. The Kier molecular flexibility index (Phi) is 9.89. The van der Waals surface area contributed by atoms with E-state index in [1.807, 2.05) is 22.7 Å². The van der Waals surface area contributed by atoms with E-state index in [9.17, 15) is 0 Å². The Hall–Kier alpha value is -5.98. The van der Waals surface area contributed by atoms with Gasteiger partial charge in [0, 0.05) is 30.6 Å². The summed E-state index contributed by atoms with van der Waals surface area (Å²) in [5.41, 5.74) is 17.3. The van der Waals surface area contributed by atoms with Crippen LogP contribution in [0.4, 0.5) is 0 Å². The van der Waals surface area contributed by atoms with E-state index >= 15 is 0 Å². The zero-order valence-corrected chi connectivity index (χ0v) is 35.9. The zero-order valence-electron chi connectivity index (χ0n) is 33.5. The fourth-order valence-corrected chi connectivity index (χ4v) is 11.6. The van der Waals surface area contributed by atoms with Crippen molar-refractivity contribution in [2.75, 3.05) is 13.2 Å². The Labute approximate surface area is 358 Å². The summed E-state index contributed by atoms with van der Waals surface area (Å²) in [6.45, 7) is 9.63. The average molecular weight is 819 g/mol. The molecule has 0 saturated heterocycles. The SMILES string of the molecule is Cc1ccc(-c2cccc(-c3ccc(C)cc3)c2-c2ccc(-c3sc(-c4ccc(-c5c(-c6ccc(C)cc6)cccc5-c5ccc(C)cc5)s4)c4c3OCCO4)s2)cc1. The van der Waals surface area contributed by atoms with E-state index in [1.54, 1.807) is 11.3 Å². The molecule has 0 unspecified atom stereocenters. The van der Waals surface area contributed by atoms with Crippen molar-refractivity contribution >= 4 is 34.0 Å². The van der Waals surface area contributed by atoms with Gasteiger partial charge in [0.2, 0.25) is 0 Å². The van der Waals surface area contributed by atoms with Crippen LogP contribution in [0, 0.1) is 27.7 Å². The van der Waals surface area contributed by atoms with Crippen LogP contribution >= 0.6 is 34.0 Å². The molecule has 0 N–H and O–H groups in total. The normalized spacial score (nSPS) is 12.2. The Balaban J connectivity index is 1.09. The molecule has 3 aromatic heterocycles. The number of fused-ring (bicyclic) bond motifs is 1. The number of hydrogen-bond donors (Lipinski definition) is 0. The highest BCUT2D eigenvalue weighted by atomic mass is 32.1. The van der Waals surface area contributed by atoms with E-state index in [-0.39, 0.29) is 0 Å². The molecule has 0 amide bonds. The van der Waals surface area contributed by atoms with Gasteiger partial charge in [-0.1, -0.05) is 156 Å². The minimum absolute atomic E-state index is 0.530. The molecule has 6 aromatic carbocycles. The van der Waals surface area contributed by atoms with Crippen LogP contribution in [-0.4, -0.2) is 13.2 Å². The standard InChI is InChI=1S/C54H42O2S3/c1-33-11-19-37(20-12-33)41-7-5-8-42(38-21-13-34(2)14-22-38)49(41)45-27-29-47(57-45)53-51-52(56-32-31-55-51)54(59-53)48-30-28-46(58-48)50-43(39-23-15-35(3)16-24-39)9-6-10-44(50)40-25-17-36(4)18-26-40/h5-30H,31-32H2,1-4H3. The van der Waals surface area contributed by atoms with Gasteiger partial charge in [-0.05, 0) is 96.5 Å². The van der Waals surface area contributed by atoms with Crippen LogP contribution in [0.25, 0.3) is 84.9 Å². The van der Waals surface area contributed by atoms with E-state index < -0.39 is 0 Å². The van der Waals surface area contributed by atoms with Crippen molar-refractivity contribution in [2.45, 2.75) is 27.7 Å². The van der Waals surface area contributed by atoms with Gasteiger partial charge in [-0.25, -0.2) is 0 Å². The topological polar surface area (TPSA) is 18.5 Å². The second-order valence-electron chi connectivity index (χ2n) is 15.4. The Bertz CT molecular complexity index is 2610. The second kappa shape index (κ2) is 15.6. The molecule has 4 heterocycles. The largest absolute Gasteiger partial charge is 0.485 e. The summed E-state index contributed by atoms with van der Waals surface area (Å²) >= 11 is 5.43. The van der Waals surface area contributed by atoms with Crippen molar-refractivity contribution in [3.63, 3.8) is 0 Å². The van der Waals surface area contributed by atoms with Crippen molar-refractivity contribution in [2.24, 2.45) is 0 Å². The summed E-state index contributed by atoms with van der Waals surface area (Å²) in [7, 11) is 0. The van der Waals surface area contributed by atoms with Crippen molar-refractivity contribution in [1.82, 2.24) is 0 Å².